The number of likely N-dealkylation sites (N-methyl/N-ethyl adjacent to an activating group) is 1. The number of nitrogens with zero attached hydrogens (tertiary/aromatic N) is 5. The maximum atomic E-state index is 13.2. The van der Waals surface area contributed by atoms with Crippen molar-refractivity contribution in [3.8, 4) is 11.6 Å². The number of amides is 1. The van der Waals surface area contributed by atoms with Crippen molar-refractivity contribution in [2.75, 3.05) is 48.2 Å². The zero-order chi connectivity index (χ0) is 27.2. The van der Waals surface area contributed by atoms with Gasteiger partial charge in [-0.1, -0.05) is 24.3 Å². The summed E-state index contributed by atoms with van der Waals surface area (Å²) < 4.78 is 34.9. The molecule has 39 heavy (non-hydrogen) atoms. The van der Waals surface area contributed by atoms with Gasteiger partial charge in [0.2, 0.25) is 11.8 Å². The van der Waals surface area contributed by atoms with Gasteiger partial charge in [0.1, 0.15) is 11.4 Å². The van der Waals surface area contributed by atoms with Crippen LogP contribution in [-0.4, -0.2) is 67.4 Å². The summed E-state index contributed by atoms with van der Waals surface area (Å²) in [5.41, 5.74) is 1.45. The fourth-order valence-corrected chi connectivity index (χ4v) is 4.98. The number of piperazine rings is 1. The Labute approximate surface area is 226 Å². The fraction of sp³-hybridized carbons (Fsp3) is 0.185. The minimum atomic E-state index is -4.08. The van der Waals surface area contributed by atoms with Crippen molar-refractivity contribution in [1.82, 2.24) is 19.9 Å². The number of ether oxygens (including phenoxy) is 1. The normalized spacial score (nSPS) is 14.0. The molecule has 1 aliphatic rings. The van der Waals surface area contributed by atoms with Crippen molar-refractivity contribution in [2.24, 2.45) is 0 Å². The summed E-state index contributed by atoms with van der Waals surface area (Å²) in [6, 6.07) is 18.0. The Morgan fingerprint density at radius 3 is 2.44 bits per heavy atom. The molecular formula is C27H27N7O4S. The molecule has 12 heteroatoms. The van der Waals surface area contributed by atoms with Crippen LogP contribution in [-0.2, 0) is 10.0 Å². The summed E-state index contributed by atoms with van der Waals surface area (Å²) in [6.45, 7) is 3.22. The second kappa shape index (κ2) is 11.5. The van der Waals surface area contributed by atoms with Gasteiger partial charge < -0.3 is 19.9 Å². The van der Waals surface area contributed by atoms with Crippen LogP contribution in [0.15, 0.2) is 90.2 Å². The van der Waals surface area contributed by atoms with Gasteiger partial charge in [-0.05, 0) is 49.5 Å². The van der Waals surface area contributed by atoms with Crippen molar-refractivity contribution < 1.29 is 17.9 Å². The van der Waals surface area contributed by atoms with Crippen LogP contribution < -0.4 is 19.7 Å². The van der Waals surface area contributed by atoms with E-state index >= 15 is 0 Å². The number of pyridine rings is 1. The van der Waals surface area contributed by atoms with Gasteiger partial charge in [0, 0.05) is 49.8 Å². The van der Waals surface area contributed by atoms with Crippen LogP contribution in [0.25, 0.3) is 0 Å². The van der Waals surface area contributed by atoms with Gasteiger partial charge in [0.15, 0.2) is 0 Å². The molecule has 0 aliphatic carbocycles. The molecule has 0 unspecified atom stereocenters. The largest absolute Gasteiger partial charge is 0.437 e. The second-order valence-electron chi connectivity index (χ2n) is 8.91. The van der Waals surface area contributed by atoms with Gasteiger partial charge in [-0.25, -0.2) is 18.1 Å². The molecule has 0 spiro atoms. The Balaban J connectivity index is 1.38. The number of anilines is 3. The molecule has 2 aromatic heterocycles. The summed E-state index contributed by atoms with van der Waals surface area (Å²) in [6.07, 6.45) is 4.75. The summed E-state index contributed by atoms with van der Waals surface area (Å²) in [4.78, 5) is 29.5. The third-order valence-corrected chi connectivity index (χ3v) is 7.43. The number of hydrogen-bond acceptors (Lipinski definition) is 9. The van der Waals surface area contributed by atoms with Gasteiger partial charge in [0.05, 0.1) is 11.1 Å². The Hall–Kier alpha value is -4.55. The van der Waals surface area contributed by atoms with Gasteiger partial charge in [-0.2, -0.15) is 4.98 Å². The summed E-state index contributed by atoms with van der Waals surface area (Å²) >= 11 is 0. The Morgan fingerprint density at radius 1 is 0.949 bits per heavy atom. The van der Waals surface area contributed by atoms with Crippen LogP contribution in [0.2, 0.25) is 0 Å². The van der Waals surface area contributed by atoms with Crippen molar-refractivity contribution in [2.45, 2.75) is 4.90 Å². The first-order valence-electron chi connectivity index (χ1n) is 12.2. The van der Waals surface area contributed by atoms with E-state index in [-0.39, 0.29) is 22.6 Å². The first kappa shape index (κ1) is 26.1. The number of rotatable bonds is 8. The standard InChI is InChI=1S/C27H27N7O4S/c1-33-14-16-34(17-15-33)24-19-29-27(31-26(24)38-22-10-12-28-13-11-22)32-39(36,37)23-9-5-8-21(18-23)30-25(35)20-6-3-2-4-7-20/h2-13,18-19H,14-17H2,1H3,(H,30,35)(H,29,31,32). The van der Waals surface area contributed by atoms with E-state index in [1.807, 2.05) is 6.07 Å². The van der Waals surface area contributed by atoms with E-state index in [2.05, 4.69) is 41.8 Å². The number of carbonyl (C=O) groups excluding carboxylic acids is 1. The average molecular weight is 546 g/mol. The molecule has 5 rings (SSSR count). The summed E-state index contributed by atoms with van der Waals surface area (Å²) in [5, 5.41) is 2.72. The molecule has 0 radical (unpaired) electrons. The van der Waals surface area contributed by atoms with Crippen molar-refractivity contribution in [3.05, 3.63) is 90.9 Å². The number of benzene rings is 2. The van der Waals surface area contributed by atoms with E-state index in [1.165, 1.54) is 12.1 Å². The highest BCUT2D eigenvalue weighted by atomic mass is 32.2. The molecular weight excluding hydrogens is 518 g/mol. The zero-order valence-electron chi connectivity index (χ0n) is 21.2. The highest BCUT2D eigenvalue weighted by Gasteiger charge is 2.23. The zero-order valence-corrected chi connectivity index (χ0v) is 22.0. The molecule has 2 aromatic carbocycles. The summed E-state index contributed by atoms with van der Waals surface area (Å²) in [7, 11) is -2.03. The van der Waals surface area contributed by atoms with Gasteiger partial charge in [0.25, 0.3) is 15.9 Å². The lowest BCUT2D eigenvalue weighted by atomic mass is 10.2. The maximum Gasteiger partial charge on any atom is 0.264 e. The van der Waals surface area contributed by atoms with Crippen LogP contribution >= 0.6 is 0 Å². The number of carbonyl (C=O) groups is 1. The maximum absolute atomic E-state index is 13.2. The van der Waals surface area contributed by atoms with Crippen LogP contribution in [0.1, 0.15) is 10.4 Å². The van der Waals surface area contributed by atoms with Crippen LogP contribution in [0.3, 0.4) is 0 Å². The Morgan fingerprint density at radius 2 is 1.69 bits per heavy atom. The summed E-state index contributed by atoms with van der Waals surface area (Å²) in [5.74, 6) is 0.242. The van der Waals surface area contributed by atoms with Crippen molar-refractivity contribution in [3.63, 3.8) is 0 Å². The SMILES string of the molecule is CN1CCN(c2cnc(NS(=O)(=O)c3cccc(NC(=O)c4ccccc4)c3)nc2Oc2ccncc2)CC1. The molecule has 1 saturated heterocycles. The monoisotopic (exact) mass is 545 g/mol. The molecule has 0 bridgehead atoms. The first-order valence-corrected chi connectivity index (χ1v) is 13.7. The van der Waals surface area contributed by atoms with Gasteiger partial charge in [-0.15, -0.1) is 0 Å². The molecule has 2 N–H and O–H groups in total. The minimum Gasteiger partial charge on any atom is -0.437 e. The number of aromatic nitrogens is 3. The molecule has 1 amide bonds. The Bertz CT molecular complexity index is 1550. The highest BCUT2D eigenvalue weighted by Crippen LogP contribution is 2.32. The Kier molecular flexibility index (Phi) is 7.66. The molecule has 1 aliphatic heterocycles. The topological polar surface area (TPSA) is 130 Å². The van der Waals surface area contributed by atoms with Crippen molar-refractivity contribution in [1.29, 1.82) is 0 Å². The molecule has 0 atom stereocenters. The molecule has 200 valence electrons. The molecule has 3 heterocycles. The van der Waals surface area contributed by atoms with E-state index < -0.39 is 10.0 Å². The van der Waals surface area contributed by atoms with E-state index in [0.29, 0.717) is 22.7 Å². The van der Waals surface area contributed by atoms with E-state index in [0.717, 1.165) is 26.2 Å². The molecule has 4 aromatic rings. The quantitative estimate of drug-likeness (QED) is 0.342. The average Bonchev–Trinajstić information content (AvgIpc) is 2.95. The lowest BCUT2D eigenvalue weighted by Crippen LogP contribution is -2.44. The fourth-order valence-electron chi connectivity index (χ4n) is 3.98. The molecule has 1 fully saturated rings. The third kappa shape index (κ3) is 6.48. The molecule has 0 saturated carbocycles. The predicted octanol–water partition coefficient (Wildman–Crippen LogP) is 3.47. The number of nitrogens with one attached hydrogen (secondary N) is 2. The highest BCUT2D eigenvalue weighted by molar-refractivity contribution is 7.92. The van der Waals surface area contributed by atoms with Crippen molar-refractivity contribution >= 4 is 33.3 Å². The predicted molar refractivity (Wildman–Crippen MR) is 148 cm³/mol. The van der Waals surface area contributed by atoms with Crippen LogP contribution in [0.4, 0.5) is 17.3 Å². The lowest BCUT2D eigenvalue weighted by molar-refractivity contribution is 0.102. The van der Waals surface area contributed by atoms with Gasteiger partial charge in [-0.3, -0.25) is 9.78 Å². The smallest absolute Gasteiger partial charge is 0.264 e. The second-order valence-corrected chi connectivity index (χ2v) is 10.6. The molecule has 11 nitrogen and oxygen atoms in total. The minimum absolute atomic E-state index is 0.0586. The third-order valence-electron chi connectivity index (χ3n) is 6.11. The first-order chi connectivity index (χ1) is 18.9. The van der Waals surface area contributed by atoms with E-state index in [4.69, 9.17) is 4.74 Å². The van der Waals surface area contributed by atoms with Crippen LogP contribution in [0.5, 0.6) is 11.6 Å². The lowest BCUT2D eigenvalue weighted by Gasteiger charge is -2.34. The van der Waals surface area contributed by atoms with E-state index in [9.17, 15) is 13.2 Å². The van der Waals surface area contributed by atoms with Gasteiger partial charge >= 0.3 is 0 Å². The van der Waals surface area contributed by atoms with E-state index in [1.54, 1.807) is 67.1 Å². The number of hydrogen-bond donors (Lipinski definition) is 2. The number of sulfonamides is 1. The van der Waals surface area contributed by atoms with Crippen LogP contribution in [0, 0.1) is 0 Å².